The van der Waals surface area contributed by atoms with Gasteiger partial charge in [0, 0.05) is 25.4 Å². The number of aromatic nitrogens is 1. The molecular weight excluding hydrogens is 499 g/mol. The Kier molecular flexibility index (Phi) is 6.58. The van der Waals surface area contributed by atoms with Gasteiger partial charge in [0.05, 0.1) is 10.3 Å². The molecule has 12 heteroatoms. The second kappa shape index (κ2) is 9.19. The molecule has 2 aliphatic carbocycles. The van der Waals surface area contributed by atoms with Crippen molar-refractivity contribution in [1.82, 2.24) is 9.88 Å². The van der Waals surface area contributed by atoms with Gasteiger partial charge in [0.2, 0.25) is 5.90 Å². The predicted octanol–water partition coefficient (Wildman–Crippen LogP) is 2.56. The quantitative estimate of drug-likeness (QED) is 0.342. The zero-order valence-corrected chi connectivity index (χ0v) is 20.4. The van der Waals surface area contributed by atoms with Gasteiger partial charge in [0.1, 0.15) is 28.4 Å². The molecule has 2 fully saturated rings. The van der Waals surface area contributed by atoms with Gasteiger partial charge < -0.3 is 20.0 Å². The molecule has 1 amide bonds. The van der Waals surface area contributed by atoms with E-state index in [9.17, 15) is 22.4 Å². The molecule has 2 aliphatic rings. The summed E-state index contributed by atoms with van der Waals surface area (Å²) in [5.74, 6) is -1.83. The van der Waals surface area contributed by atoms with Gasteiger partial charge in [-0.1, -0.05) is 17.7 Å². The van der Waals surface area contributed by atoms with Crippen molar-refractivity contribution in [1.29, 1.82) is 10.8 Å². The van der Waals surface area contributed by atoms with E-state index in [4.69, 9.17) is 27.2 Å². The van der Waals surface area contributed by atoms with Crippen molar-refractivity contribution in [2.24, 2.45) is 7.05 Å². The second-order valence-corrected chi connectivity index (χ2v) is 11.9. The first-order valence-electron chi connectivity index (χ1n) is 10.9. The third kappa shape index (κ3) is 4.74. The molecule has 0 unspecified atom stereocenters. The lowest BCUT2D eigenvalue weighted by Gasteiger charge is -2.19. The van der Waals surface area contributed by atoms with Crippen molar-refractivity contribution in [2.45, 2.75) is 42.2 Å². The molecule has 4 rings (SSSR count). The van der Waals surface area contributed by atoms with Crippen molar-refractivity contribution in [3.63, 3.8) is 0 Å². The Bertz CT molecular complexity index is 1400. The molecule has 0 aliphatic heterocycles. The van der Waals surface area contributed by atoms with Crippen LogP contribution in [0.25, 0.3) is 0 Å². The van der Waals surface area contributed by atoms with Crippen LogP contribution in [0.4, 0.5) is 4.39 Å². The molecule has 0 saturated heterocycles. The minimum atomic E-state index is -3.34. The first-order valence-corrected chi connectivity index (χ1v) is 12.8. The van der Waals surface area contributed by atoms with Gasteiger partial charge in [0.15, 0.2) is 9.84 Å². The molecule has 2 saturated carbocycles. The number of hydrogen-bond donors (Lipinski definition) is 3. The molecule has 3 N–H and O–H groups in total. The van der Waals surface area contributed by atoms with Gasteiger partial charge in [-0.3, -0.25) is 15.0 Å². The second-order valence-electron chi connectivity index (χ2n) is 8.85. The van der Waals surface area contributed by atoms with E-state index < -0.39 is 37.8 Å². The molecular formula is C23H24ClFN4O5S. The summed E-state index contributed by atoms with van der Waals surface area (Å²) < 4.78 is 44.5. The number of carbonyl (C=O) groups excluding carboxylic acids is 1. The molecule has 1 aromatic carbocycles. The summed E-state index contributed by atoms with van der Waals surface area (Å²) in [7, 11) is -2.00. The van der Waals surface area contributed by atoms with Crippen LogP contribution < -0.4 is 10.9 Å². The van der Waals surface area contributed by atoms with Crippen molar-refractivity contribution in [2.75, 3.05) is 6.61 Å². The predicted molar refractivity (Wildman–Crippen MR) is 129 cm³/mol. The largest absolute Gasteiger partial charge is 0.475 e. The maximum atomic E-state index is 13.6. The standard InChI is InChI=1S/C23H24ClFN4O5S/c1-29-19(20(27)34-12-23(6-7-23)35(32,33)15-3-4-15)14(10-26)9-16(22(29)31)21(30)28-11-13-2-5-17(24)18(25)8-13/h2,5,8-10,15,26-27H,3-4,6-7,11-12H2,1H3,(H,28,30). The van der Waals surface area contributed by atoms with Crippen LogP contribution in [-0.2, 0) is 28.2 Å². The number of ether oxygens (including phenoxy) is 1. The van der Waals surface area contributed by atoms with Gasteiger partial charge >= 0.3 is 0 Å². The van der Waals surface area contributed by atoms with E-state index in [2.05, 4.69) is 5.32 Å². The van der Waals surface area contributed by atoms with Gasteiger partial charge in [-0.15, -0.1) is 0 Å². The zero-order chi connectivity index (χ0) is 25.5. The third-order valence-electron chi connectivity index (χ3n) is 6.35. The van der Waals surface area contributed by atoms with Gasteiger partial charge in [0.25, 0.3) is 11.5 Å². The van der Waals surface area contributed by atoms with Crippen LogP contribution in [-0.4, -0.2) is 47.6 Å². The van der Waals surface area contributed by atoms with E-state index in [0.29, 0.717) is 31.2 Å². The van der Waals surface area contributed by atoms with Crippen molar-refractivity contribution in [3.8, 4) is 0 Å². The number of benzene rings is 1. The summed E-state index contributed by atoms with van der Waals surface area (Å²) in [6, 6.07) is 5.23. The lowest BCUT2D eigenvalue weighted by Crippen LogP contribution is -2.36. The average Bonchev–Trinajstić information content (AvgIpc) is 3.73. The highest BCUT2D eigenvalue weighted by atomic mass is 35.5. The van der Waals surface area contributed by atoms with E-state index >= 15 is 0 Å². The minimum Gasteiger partial charge on any atom is -0.475 e. The topological polar surface area (TPSA) is 142 Å². The smallest absolute Gasteiger partial charge is 0.263 e. The Hall–Kier alpha value is -3.05. The van der Waals surface area contributed by atoms with E-state index in [1.165, 1.54) is 31.3 Å². The maximum Gasteiger partial charge on any atom is 0.263 e. The fraction of sp³-hybridized carbons (Fsp3) is 0.391. The monoisotopic (exact) mass is 522 g/mol. The number of rotatable bonds is 9. The lowest BCUT2D eigenvalue weighted by atomic mass is 10.1. The Labute approximate surface area is 206 Å². The molecule has 2 aromatic rings. The molecule has 9 nitrogen and oxygen atoms in total. The molecule has 0 spiro atoms. The van der Waals surface area contributed by atoms with Gasteiger partial charge in [-0.25, -0.2) is 12.8 Å². The fourth-order valence-electron chi connectivity index (χ4n) is 3.90. The number of pyridine rings is 1. The molecule has 1 aromatic heterocycles. The van der Waals surface area contributed by atoms with Crippen molar-refractivity contribution in [3.05, 3.63) is 67.8 Å². The van der Waals surface area contributed by atoms with Gasteiger partial charge in [-0.05, 0) is 49.4 Å². The van der Waals surface area contributed by atoms with Crippen LogP contribution >= 0.6 is 11.6 Å². The summed E-state index contributed by atoms with van der Waals surface area (Å²) in [6.45, 7) is -0.260. The summed E-state index contributed by atoms with van der Waals surface area (Å²) in [4.78, 5) is 25.6. The number of nitrogens with zero attached hydrogens (tertiary/aromatic N) is 1. The van der Waals surface area contributed by atoms with Crippen molar-refractivity contribution >= 4 is 39.5 Å². The van der Waals surface area contributed by atoms with E-state index in [-0.39, 0.29) is 40.2 Å². The number of amides is 1. The number of hydrogen-bond acceptors (Lipinski definition) is 7. The van der Waals surface area contributed by atoms with Crippen LogP contribution in [0.5, 0.6) is 0 Å². The normalized spacial score (nSPS) is 16.4. The highest BCUT2D eigenvalue weighted by Gasteiger charge is 2.60. The summed E-state index contributed by atoms with van der Waals surface area (Å²) in [6.07, 6.45) is 3.10. The summed E-state index contributed by atoms with van der Waals surface area (Å²) in [5.41, 5.74) is -0.528. The number of nitrogens with one attached hydrogen (secondary N) is 3. The molecule has 0 radical (unpaired) electrons. The number of sulfone groups is 1. The summed E-state index contributed by atoms with van der Waals surface area (Å²) >= 11 is 5.66. The van der Waals surface area contributed by atoms with E-state index in [0.717, 1.165) is 10.8 Å². The molecule has 35 heavy (non-hydrogen) atoms. The van der Waals surface area contributed by atoms with Crippen LogP contribution in [0.2, 0.25) is 5.02 Å². The maximum absolute atomic E-state index is 13.6. The Balaban J connectivity index is 1.51. The van der Waals surface area contributed by atoms with Crippen LogP contribution in [0.1, 0.15) is 52.9 Å². The van der Waals surface area contributed by atoms with Crippen LogP contribution in [0, 0.1) is 16.6 Å². The molecule has 0 atom stereocenters. The first-order chi connectivity index (χ1) is 16.5. The molecule has 186 valence electrons. The number of halogens is 2. The van der Waals surface area contributed by atoms with Gasteiger partial charge in [-0.2, -0.15) is 0 Å². The van der Waals surface area contributed by atoms with Crippen LogP contribution in [0.15, 0.2) is 29.1 Å². The fourth-order valence-corrected chi connectivity index (χ4v) is 6.37. The van der Waals surface area contributed by atoms with Crippen molar-refractivity contribution < 1.29 is 22.3 Å². The third-order valence-corrected chi connectivity index (χ3v) is 9.74. The Morgan fingerprint density at radius 3 is 2.60 bits per heavy atom. The first kappa shape index (κ1) is 25.1. The lowest BCUT2D eigenvalue weighted by molar-refractivity contribution is 0.0948. The average molecular weight is 523 g/mol. The zero-order valence-electron chi connectivity index (χ0n) is 18.9. The molecule has 1 heterocycles. The van der Waals surface area contributed by atoms with E-state index in [1.54, 1.807) is 0 Å². The van der Waals surface area contributed by atoms with Crippen LogP contribution in [0.3, 0.4) is 0 Å². The highest BCUT2D eigenvalue weighted by Crippen LogP contribution is 2.50. The van der Waals surface area contributed by atoms with E-state index in [1.807, 2.05) is 0 Å². The Morgan fingerprint density at radius 1 is 1.34 bits per heavy atom. The minimum absolute atomic E-state index is 0.0408. The summed E-state index contributed by atoms with van der Waals surface area (Å²) in [5, 5.41) is 18.2. The highest BCUT2D eigenvalue weighted by molar-refractivity contribution is 7.94. The Morgan fingerprint density at radius 2 is 2.03 bits per heavy atom. The number of carbonyl (C=O) groups is 1. The molecule has 0 bridgehead atoms. The SMILES string of the molecule is Cn1c(C(=N)OCC2(S(=O)(=O)C3CC3)CC2)c(C=N)cc(C(=O)NCc2ccc(Cl)c(F)c2)c1=O.